The monoisotopic (exact) mass is 173 g/mol. The van der Waals surface area contributed by atoms with E-state index >= 15 is 0 Å². The lowest BCUT2D eigenvalue weighted by atomic mass is 10.9. The van der Waals surface area contributed by atoms with Gasteiger partial charge in [0.25, 0.3) is 0 Å². The Morgan fingerprint density at radius 1 is 1.58 bits per heavy atom. The second-order valence-electron chi connectivity index (χ2n) is 2.27. The maximum atomic E-state index is 10.9. The molecule has 1 aromatic rings. The maximum absolute atomic E-state index is 10.9. The number of rotatable bonds is 1. The number of phenols is 1. The minimum Gasteiger partial charge on any atom is -0.507 e. The molecule has 0 saturated carbocycles. The number of aromatic hydroxyl groups is 1. The van der Waals surface area contributed by atoms with Crippen molar-refractivity contribution in [3.63, 3.8) is 0 Å². The molecule has 0 aliphatic carbocycles. The molecular formula is C8H9NO3. The van der Waals surface area contributed by atoms with Crippen molar-refractivity contribution in [2.24, 2.45) is 0 Å². The molecule has 4 nitrogen and oxygen atoms in total. The zero-order chi connectivity index (χ0) is 9.14. The van der Waals surface area contributed by atoms with E-state index in [1.54, 1.807) is 0 Å². The molecule has 0 aliphatic rings. The summed E-state index contributed by atoms with van der Waals surface area (Å²) in [6, 6.07) is 4.21. The molecule has 1 rings (SSSR count). The summed E-state index contributed by atoms with van der Waals surface area (Å²) in [7, 11) is 1.24. The average Bonchev–Trinajstić information content (AvgIpc) is 2.08. The lowest BCUT2D eigenvalue weighted by molar-refractivity contribution is 0.0597. The highest BCUT2D eigenvalue weighted by Gasteiger charge is 2.10. The number of hydrogen-bond donors (Lipinski definition) is 2. The topological polar surface area (TPSA) is 72.5 Å². The number of nitrogens with two attached hydrogens (primary N) is 1. The summed E-state index contributed by atoms with van der Waals surface area (Å²) >= 11 is 0. The van der Waals surface area contributed by atoms with Gasteiger partial charge in [0, 0.05) is 5.69 Å². The van der Waals surface area contributed by atoms with Crippen LogP contribution in [0.2, 0.25) is 0 Å². The van der Waals surface area contributed by atoms with Gasteiger partial charge in [0.1, 0.15) is 11.3 Å². The largest absolute Gasteiger partial charge is 0.507 e. The first-order valence-electron chi connectivity index (χ1n) is 3.32. The fraction of sp³-hybridized carbons (Fsp3) is 0.125. The first-order valence-corrected chi connectivity index (χ1v) is 3.32. The molecule has 0 atom stereocenters. The third-order valence-corrected chi connectivity index (χ3v) is 1.43. The summed E-state index contributed by atoms with van der Waals surface area (Å²) < 4.78 is 4.42. The van der Waals surface area contributed by atoms with Crippen LogP contribution in [0, 0.1) is 0 Å². The minimum absolute atomic E-state index is 0.0810. The normalized spacial score (nSPS) is 9.42. The molecule has 0 heterocycles. The van der Waals surface area contributed by atoms with Crippen LogP contribution >= 0.6 is 0 Å². The van der Waals surface area contributed by atoms with Gasteiger partial charge in [-0.15, -0.1) is 0 Å². The predicted octanol–water partition coefficient (Wildman–Crippen LogP) is 0.761. The van der Waals surface area contributed by atoms with E-state index in [1.807, 2.05) is 0 Å². The van der Waals surface area contributed by atoms with Crippen molar-refractivity contribution < 1.29 is 14.6 Å². The number of phenolic OH excluding ortho intramolecular Hbond substituents is 1. The van der Waals surface area contributed by atoms with Gasteiger partial charge in [0.15, 0.2) is 0 Å². The molecule has 3 N–H and O–H groups in total. The molecule has 0 aliphatic heterocycles. The number of esters is 1. The number of anilines is 1. The minimum atomic E-state index is -0.597. The first kappa shape index (κ1) is 8.39. The molecule has 0 spiro atoms. The Bertz CT molecular complexity index is 309. The summed E-state index contributed by atoms with van der Waals surface area (Å²) in [5.74, 6) is -0.726. The van der Waals surface area contributed by atoms with Gasteiger partial charge in [-0.3, -0.25) is 0 Å². The Morgan fingerprint density at radius 2 is 2.25 bits per heavy atom. The van der Waals surface area contributed by atoms with Crippen molar-refractivity contribution >= 4 is 11.7 Å². The highest BCUT2D eigenvalue weighted by atomic mass is 16.5. The number of carbonyl (C=O) groups is 1. The molecule has 0 aromatic heterocycles. The van der Waals surface area contributed by atoms with Gasteiger partial charge in [-0.2, -0.15) is 0 Å². The lowest BCUT2D eigenvalue weighted by Crippen LogP contribution is -2.02. The van der Waals surface area contributed by atoms with Crippen LogP contribution in [0.1, 0.15) is 10.4 Å². The first-order chi connectivity index (χ1) is 5.65. The van der Waals surface area contributed by atoms with E-state index < -0.39 is 5.97 Å². The van der Waals surface area contributed by atoms with Crippen LogP contribution in [0.5, 0.6) is 5.75 Å². The van der Waals surface area contributed by atoms with E-state index in [0.717, 1.165) is 0 Å². The van der Waals surface area contributed by atoms with E-state index in [0.29, 0.717) is 5.69 Å². The van der Waals surface area contributed by atoms with Crippen LogP contribution in [0.25, 0.3) is 0 Å². The smallest absolute Gasteiger partial charge is 0.341 e. The summed E-state index contributed by atoms with van der Waals surface area (Å²) in [6.07, 6.45) is 0. The SMILES string of the molecule is COC(=O)[13c]1[13cH][13c](N)[13cH][13cH][13c]1O. The zero-order valence-electron chi connectivity index (χ0n) is 6.57. The van der Waals surface area contributed by atoms with Crippen LogP contribution in [-0.4, -0.2) is 18.2 Å². The van der Waals surface area contributed by atoms with Crippen molar-refractivity contribution in [1.82, 2.24) is 0 Å². The van der Waals surface area contributed by atoms with Gasteiger partial charge in [-0.25, -0.2) is 4.79 Å². The van der Waals surface area contributed by atoms with Crippen molar-refractivity contribution in [2.75, 3.05) is 12.8 Å². The second kappa shape index (κ2) is 3.13. The maximum Gasteiger partial charge on any atom is 0.341 e. The van der Waals surface area contributed by atoms with Crippen molar-refractivity contribution in [3.05, 3.63) is 23.8 Å². The number of methoxy groups -OCH3 is 1. The van der Waals surface area contributed by atoms with Gasteiger partial charge in [0.05, 0.1) is 7.11 Å². The quantitative estimate of drug-likeness (QED) is 0.373. The van der Waals surface area contributed by atoms with Crippen molar-refractivity contribution in [3.8, 4) is 5.75 Å². The molecular weight excluding hydrogens is 164 g/mol. The molecule has 0 radical (unpaired) electrons. The molecule has 0 bridgehead atoms. The van der Waals surface area contributed by atoms with Gasteiger partial charge in [-0.1, -0.05) is 0 Å². The summed E-state index contributed by atoms with van der Waals surface area (Å²) in [4.78, 5) is 10.9. The van der Waals surface area contributed by atoms with E-state index in [4.69, 9.17) is 5.73 Å². The number of benzene rings is 1. The van der Waals surface area contributed by atoms with Crippen LogP contribution < -0.4 is 5.73 Å². The average molecular weight is 173 g/mol. The van der Waals surface area contributed by atoms with Gasteiger partial charge in [0.2, 0.25) is 0 Å². The van der Waals surface area contributed by atoms with Crippen LogP contribution in [0.3, 0.4) is 0 Å². The lowest BCUT2D eigenvalue weighted by Gasteiger charge is -2.02. The van der Waals surface area contributed by atoms with Gasteiger partial charge >= 0.3 is 5.97 Å². The Kier molecular flexibility index (Phi) is 2.19. The zero-order valence-corrected chi connectivity index (χ0v) is 6.57. The highest BCUT2D eigenvalue weighted by Crippen LogP contribution is 2.19. The number of ether oxygens (including phenoxy) is 1. The number of nitrogen functional groups attached to an aromatic ring is 1. The Labute approximate surface area is 69.6 Å². The standard InChI is InChI=1S/C8H9NO3/c1-12-8(11)6-4-5(9)2-3-7(6)10/h2-4,10H,9H2,1H3/i2+1,3+1,4+1,5+1,6+1,7+1. The van der Waals surface area contributed by atoms with E-state index in [1.165, 1.54) is 25.3 Å². The van der Waals surface area contributed by atoms with E-state index in [2.05, 4.69) is 4.74 Å². The number of carbonyl (C=O) groups excluding carboxylic acids is 1. The molecule has 4 heteroatoms. The van der Waals surface area contributed by atoms with Crippen LogP contribution in [-0.2, 0) is 4.74 Å². The summed E-state index contributed by atoms with van der Waals surface area (Å²) in [5.41, 5.74) is 5.89. The Morgan fingerprint density at radius 3 is 2.83 bits per heavy atom. The molecule has 1 aromatic carbocycles. The molecule has 0 amide bonds. The Balaban J connectivity index is 3.13. The molecule has 0 unspecified atom stereocenters. The Hall–Kier alpha value is -1.71. The molecule has 0 fully saturated rings. The summed E-state index contributed by atoms with van der Waals surface area (Å²) in [6.45, 7) is 0. The fourth-order valence-corrected chi connectivity index (χ4v) is 0.827. The molecule has 0 saturated heterocycles. The van der Waals surface area contributed by atoms with Crippen molar-refractivity contribution in [2.45, 2.75) is 0 Å². The van der Waals surface area contributed by atoms with Crippen LogP contribution in [0.4, 0.5) is 5.69 Å². The molecule has 64 valence electrons. The summed E-state index contributed by atoms with van der Waals surface area (Å²) in [5, 5.41) is 9.18. The van der Waals surface area contributed by atoms with Crippen molar-refractivity contribution in [1.29, 1.82) is 0 Å². The van der Waals surface area contributed by atoms with Crippen LogP contribution in [0.15, 0.2) is 18.2 Å². The third kappa shape index (κ3) is 1.47. The van der Waals surface area contributed by atoms with Gasteiger partial charge in [-0.05, 0) is 18.2 Å². The van der Waals surface area contributed by atoms with Gasteiger partial charge < -0.3 is 15.6 Å². The predicted molar refractivity (Wildman–Crippen MR) is 43.9 cm³/mol. The third-order valence-electron chi connectivity index (χ3n) is 1.43. The second-order valence-corrected chi connectivity index (χ2v) is 2.27. The fourth-order valence-electron chi connectivity index (χ4n) is 0.827. The highest BCUT2D eigenvalue weighted by molar-refractivity contribution is 5.93. The number of hydrogen-bond acceptors (Lipinski definition) is 4. The van der Waals surface area contributed by atoms with E-state index in [-0.39, 0.29) is 11.3 Å². The molecule has 12 heavy (non-hydrogen) atoms. The van der Waals surface area contributed by atoms with E-state index in [9.17, 15) is 9.90 Å².